The van der Waals surface area contributed by atoms with E-state index in [0.29, 0.717) is 5.92 Å². The van der Waals surface area contributed by atoms with Crippen molar-refractivity contribution in [1.82, 2.24) is 4.90 Å². The Kier molecular flexibility index (Phi) is 4.66. The average molecular weight is 225 g/mol. The zero-order chi connectivity index (χ0) is 11.4. The minimum Gasteiger partial charge on any atom is -0.392 e. The molecular formula is C14H27NO. The molecule has 0 radical (unpaired) electrons. The van der Waals surface area contributed by atoms with Gasteiger partial charge in [-0.05, 0) is 50.5 Å². The summed E-state index contributed by atoms with van der Waals surface area (Å²) < 4.78 is 0. The fraction of sp³-hybridized carbons (Fsp3) is 1.00. The number of rotatable bonds is 7. The largest absolute Gasteiger partial charge is 0.392 e. The average Bonchev–Trinajstić information content (AvgIpc) is 2.91. The van der Waals surface area contributed by atoms with Crippen LogP contribution < -0.4 is 0 Å². The molecule has 2 heteroatoms. The van der Waals surface area contributed by atoms with Gasteiger partial charge in [-0.15, -0.1) is 0 Å². The second-order valence-corrected chi connectivity index (χ2v) is 5.81. The van der Waals surface area contributed by atoms with E-state index in [1.54, 1.807) is 0 Å². The van der Waals surface area contributed by atoms with E-state index in [1.165, 1.54) is 58.0 Å². The van der Waals surface area contributed by atoms with Crippen LogP contribution in [0.25, 0.3) is 0 Å². The second kappa shape index (κ2) is 6.02. The van der Waals surface area contributed by atoms with Crippen molar-refractivity contribution in [2.24, 2.45) is 11.8 Å². The van der Waals surface area contributed by atoms with Crippen molar-refractivity contribution < 1.29 is 5.11 Å². The Morgan fingerprint density at radius 1 is 1.19 bits per heavy atom. The van der Waals surface area contributed by atoms with Gasteiger partial charge < -0.3 is 10.0 Å². The van der Waals surface area contributed by atoms with Crippen molar-refractivity contribution in [3.63, 3.8) is 0 Å². The van der Waals surface area contributed by atoms with Crippen molar-refractivity contribution in [2.45, 2.75) is 58.0 Å². The van der Waals surface area contributed by atoms with Crippen molar-refractivity contribution in [3.8, 4) is 0 Å². The first-order valence-corrected chi connectivity index (χ1v) is 7.20. The molecule has 2 aliphatic rings. The third kappa shape index (κ3) is 3.74. The van der Waals surface area contributed by atoms with Gasteiger partial charge in [0.1, 0.15) is 0 Å². The minimum absolute atomic E-state index is 0.0622. The quantitative estimate of drug-likeness (QED) is 0.720. The Bertz CT molecular complexity index is 197. The number of nitrogens with zero attached hydrogens (tertiary/aromatic N) is 1. The van der Waals surface area contributed by atoms with Gasteiger partial charge in [-0.2, -0.15) is 0 Å². The maximum atomic E-state index is 10.2. The summed E-state index contributed by atoms with van der Waals surface area (Å²) in [6.07, 6.45) is 9.16. The van der Waals surface area contributed by atoms with Crippen molar-refractivity contribution in [3.05, 3.63) is 0 Å². The Balaban J connectivity index is 1.73. The number of hydrogen-bond acceptors (Lipinski definition) is 2. The molecule has 0 aliphatic heterocycles. The molecule has 2 aliphatic carbocycles. The molecule has 0 aromatic carbocycles. The first-order valence-electron chi connectivity index (χ1n) is 7.20. The van der Waals surface area contributed by atoms with Crippen molar-refractivity contribution in [2.75, 3.05) is 19.6 Å². The lowest BCUT2D eigenvalue weighted by molar-refractivity contribution is 0.0639. The lowest BCUT2D eigenvalue weighted by atomic mass is 10.0. The molecule has 2 nitrogen and oxygen atoms in total. The van der Waals surface area contributed by atoms with E-state index in [-0.39, 0.29) is 6.10 Å². The zero-order valence-electron chi connectivity index (χ0n) is 10.7. The zero-order valence-corrected chi connectivity index (χ0v) is 10.7. The normalized spacial score (nSPS) is 24.2. The minimum atomic E-state index is -0.0622. The molecule has 0 heterocycles. The Morgan fingerprint density at radius 3 is 2.44 bits per heavy atom. The third-order valence-corrected chi connectivity index (χ3v) is 4.14. The van der Waals surface area contributed by atoms with E-state index in [1.807, 2.05) is 0 Å². The summed E-state index contributed by atoms with van der Waals surface area (Å²) in [6.45, 7) is 5.56. The van der Waals surface area contributed by atoms with Crippen LogP contribution >= 0.6 is 0 Å². The van der Waals surface area contributed by atoms with Crippen LogP contribution in [0.15, 0.2) is 0 Å². The monoisotopic (exact) mass is 225 g/mol. The highest BCUT2D eigenvalue weighted by molar-refractivity contribution is 4.81. The topological polar surface area (TPSA) is 23.5 Å². The standard InChI is InChI=1S/C14H27NO/c1-2-9-15(10-12-7-8-12)11-14(16)13-5-3-4-6-13/h12-14,16H,2-11H2,1H3. The van der Waals surface area contributed by atoms with Crippen LogP contribution in [0.3, 0.4) is 0 Å². The van der Waals surface area contributed by atoms with Gasteiger partial charge in [-0.1, -0.05) is 19.8 Å². The SMILES string of the molecule is CCCN(CC1CC1)CC(O)C1CCCC1. The number of aliphatic hydroxyl groups is 1. The number of hydrogen-bond donors (Lipinski definition) is 1. The van der Waals surface area contributed by atoms with Gasteiger partial charge in [0, 0.05) is 13.1 Å². The molecule has 94 valence electrons. The molecule has 1 N–H and O–H groups in total. The summed E-state index contributed by atoms with van der Waals surface area (Å²) in [7, 11) is 0. The molecule has 2 saturated carbocycles. The molecule has 0 aromatic heterocycles. The van der Waals surface area contributed by atoms with Gasteiger partial charge in [-0.3, -0.25) is 0 Å². The summed E-state index contributed by atoms with van der Waals surface area (Å²) in [6, 6.07) is 0. The summed E-state index contributed by atoms with van der Waals surface area (Å²) in [5, 5.41) is 10.2. The molecule has 0 saturated heterocycles. The Hall–Kier alpha value is -0.0800. The first kappa shape index (κ1) is 12.4. The van der Waals surface area contributed by atoms with E-state index in [4.69, 9.17) is 0 Å². The predicted molar refractivity (Wildman–Crippen MR) is 67.4 cm³/mol. The highest BCUT2D eigenvalue weighted by atomic mass is 16.3. The molecule has 2 rings (SSSR count). The van der Waals surface area contributed by atoms with Crippen LogP contribution in [0, 0.1) is 11.8 Å². The molecule has 1 unspecified atom stereocenters. The predicted octanol–water partition coefficient (Wildman–Crippen LogP) is 2.66. The van der Waals surface area contributed by atoms with Gasteiger partial charge >= 0.3 is 0 Å². The van der Waals surface area contributed by atoms with Crippen LogP contribution in [-0.4, -0.2) is 35.7 Å². The fourth-order valence-electron chi connectivity index (χ4n) is 2.99. The Labute approximate surface area is 100 Å². The van der Waals surface area contributed by atoms with Crippen LogP contribution in [0.4, 0.5) is 0 Å². The van der Waals surface area contributed by atoms with E-state index >= 15 is 0 Å². The molecule has 1 atom stereocenters. The van der Waals surface area contributed by atoms with Crippen LogP contribution in [0.2, 0.25) is 0 Å². The molecule has 0 bridgehead atoms. The molecule has 2 fully saturated rings. The van der Waals surface area contributed by atoms with Gasteiger partial charge in [0.05, 0.1) is 6.10 Å². The molecule has 0 amide bonds. The van der Waals surface area contributed by atoms with Gasteiger partial charge in [-0.25, -0.2) is 0 Å². The first-order chi connectivity index (χ1) is 7.79. The molecule has 0 aromatic rings. The van der Waals surface area contributed by atoms with Gasteiger partial charge in [0.2, 0.25) is 0 Å². The lowest BCUT2D eigenvalue weighted by Gasteiger charge is -2.27. The summed E-state index contributed by atoms with van der Waals surface area (Å²) in [5.74, 6) is 1.54. The number of aliphatic hydroxyl groups excluding tert-OH is 1. The maximum absolute atomic E-state index is 10.2. The van der Waals surface area contributed by atoms with Crippen LogP contribution in [0.1, 0.15) is 51.9 Å². The van der Waals surface area contributed by atoms with Gasteiger partial charge in [0.15, 0.2) is 0 Å². The van der Waals surface area contributed by atoms with E-state index in [0.717, 1.165) is 12.5 Å². The molecule has 16 heavy (non-hydrogen) atoms. The highest BCUT2D eigenvalue weighted by Crippen LogP contribution is 2.31. The summed E-state index contributed by atoms with van der Waals surface area (Å²) in [4.78, 5) is 2.50. The smallest absolute Gasteiger partial charge is 0.0695 e. The summed E-state index contributed by atoms with van der Waals surface area (Å²) in [5.41, 5.74) is 0. The van der Waals surface area contributed by atoms with Crippen LogP contribution in [-0.2, 0) is 0 Å². The highest BCUT2D eigenvalue weighted by Gasteiger charge is 2.28. The molecular weight excluding hydrogens is 198 g/mol. The second-order valence-electron chi connectivity index (χ2n) is 5.81. The fourth-order valence-corrected chi connectivity index (χ4v) is 2.99. The third-order valence-electron chi connectivity index (χ3n) is 4.14. The lowest BCUT2D eigenvalue weighted by Crippen LogP contribution is -2.37. The van der Waals surface area contributed by atoms with E-state index in [2.05, 4.69) is 11.8 Å². The molecule has 0 spiro atoms. The van der Waals surface area contributed by atoms with E-state index in [9.17, 15) is 5.11 Å². The Morgan fingerprint density at radius 2 is 1.88 bits per heavy atom. The van der Waals surface area contributed by atoms with Crippen molar-refractivity contribution in [1.29, 1.82) is 0 Å². The van der Waals surface area contributed by atoms with Crippen LogP contribution in [0.5, 0.6) is 0 Å². The maximum Gasteiger partial charge on any atom is 0.0695 e. The van der Waals surface area contributed by atoms with Crippen molar-refractivity contribution >= 4 is 0 Å². The van der Waals surface area contributed by atoms with E-state index < -0.39 is 0 Å². The van der Waals surface area contributed by atoms with Gasteiger partial charge in [0.25, 0.3) is 0 Å². The summed E-state index contributed by atoms with van der Waals surface area (Å²) >= 11 is 0.